The average Bonchev–Trinajstić information content (AvgIpc) is 3.02. The molecule has 4 rings (SSSR count). The lowest BCUT2D eigenvalue weighted by atomic mass is 9.77. The Morgan fingerprint density at radius 2 is 1.91 bits per heavy atom. The highest BCUT2D eigenvalue weighted by Crippen LogP contribution is 2.36. The maximum atomic E-state index is 13.9. The van der Waals surface area contributed by atoms with Crippen LogP contribution in [0.15, 0.2) is 42.6 Å². The second-order valence-electron chi connectivity index (χ2n) is 8.49. The Kier molecular flexibility index (Phi) is 6.08. The molecule has 1 saturated heterocycles. The van der Waals surface area contributed by atoms with Crippen molar-refractivity contribution in [1.29, 1.82) is 0 Å². The van der Waals surface area contributed by atoms with E-state index in [9.17, 15) is 23.6 Å². The number of halogens is 1. The van der Waals surface area contributed by atoms with Gasteiger partial charge in [0.15, 0.2) is 0 Å². The quantitative estimate of drug-likeness (QED) is 0.601. The van der Waals surface area contributed by atoms with E-state index >= 15 is 0 Å². The number of imide groups is 1. The van der Waals surface area contributed by atoms with E-state index in [4.69, 9.17) is 0 Å². The minimum atomic E-state index is -0.954. The fraction of sp³-hybridized carbons (Fsp3) is 0.348. The topological polar surface area (TPSA) is 120 Å². The molecule has 1 aromatic carbocycles. The first-order valence-electron chi connectivity index (χ1n) is 10.7. The third-order valence-electron chi connectivity index (χ3n) is 6.08. The molecule has 2 aromatic rings. The van der Waals surface area contributed by atoms with E-state index in [1.54, 1.807) is 12.1 Å². The summed E-state index contributed by atoms with van der Waals surface area (Å²) in [6, 6.07) is 7.68. The van der Waals surface area contributed by atoms with Crippen molar-refractivity contribution in [3.63, 3.8) is 0 Å². The van der Waals surface area contributed by atoms with Crippen LogP contribution in [0.4, 0.5) is 20.6 Å². The summed E-state index contributed by atoms with van der Waals surface area (Å²) in [7, 11) is 0. The smallest absolute Gasteiger partial charge is 0.323 e. The normalized spacial score (nSPS) is 22.2. The summed E-state index contributed by atoms with van der Waals surface area (Å²) in [4.78, 5) is 55.3. The second-order valence-corrected chi connectivity index (χ2v) is 8.49. The number of pyridine rings is 1. The summed E-state index contributed by atoms with van der Waals surface area (Å²) >= 11 is 0. The molecule has 0 bridgehead atoms. The molecule has 9 nitrogen and oxygen atoms in total. The molecule has 3 N–H and O–H groups in total. The number of urea groups is 1. The van der Waals surface area contributed by atoms with Gasteiger partial charge in [0.25, 0.3) is 11.8 Å². The Bertz CT molecular complexity index is 1100. The van der Waals surface area contributed by atoms with Crippen molar-refractivity contribution >= 4 is 35.1 Å². The second kappa shape index (κ2) is 8.97. The molecule has 1 aliphatic carbocycles. The Labute approximate surface area is 189 Å². The largest absolute Gasteiger partial charge is 0.325 e. The molecule has 1 spiro atoms. The molecular formula is C23H24FN5O4. The lowest BCUT2D eigenvalue weighted by Crippen LogP contribution is -2.49. The van der Waals surface area contributed by atoms with Crippen LogP contribution in [0.25, 0.3) is 0 Å². The molecule has 1 aliphatic heterocycles. The SMILES string of the molecule is CC1CCC2(CC1)NC(=O)N(CC(=O)Nc1cc(F)ccc1NC(=O)c1ccccn1)C2=O. The van der Waals surface area contributed by atoms with E-state index in [-0.39, 0.29) is 17.1 Å². The van der Waals surface area contributed by atoms with Gasteiger partial charge in [0.05, 0.1) is 11.4 Å². The zero-order chi connectivity index (χ0) is 23.6. The lowest BCUT2D eigenvalue weighted by Gasteiger charge is -2.33. The van der Waals surface area contributed by atoms with Gasteiger partial charge in [0.1, 0.15) is 23.6 Å². The van der Waals surface area contributed by atoms with E-state index in [1.165, 1.54) is 18.3 Å². The van der Waals surface area contributed by atoms with Gasteiger partial charge in [0, 0.05) is 6.20 Å². The summed E-state index contributed by atoms with van der Waals surface area (Å²) in [5.74, 6) is -1.81. The van der Waals surface area contributed by atoms with Crippen LogP contribution < -0.4 is 16.0 Å². The number of benzene rings is 1. The molecule has 172 valence electrons. The Morgan fingerprint density at radius 1 is 1.15 bits per heavy atom. The fourth-order valence-electron chi connectivity index (χ4n) is 4.16. The number of anilines is 2. The van der Waals surface area contributed by atoms with Crippen LogP contribution in [-0.2, 0) is 9.59 Å². The minimum absolute atomic E-state index is 0.00228. The predicted octanol–water partition coefficient (Wildman–Crippen LogP) is 2.91. The number of nitrogens with zero attached hydrogens (tertiary/aromatic N) is 2. The van der Waals surface area contributed by atoms with Crippen LogP contribution in [0.2, 0.25) is 0 Å². The van der Waals surface area contributed by atoms with Crippen molar-refractivity contribution in [2.75, 3.05) is 17.2 Å². The van der Waals surface area contributed by atoms with Gasteiger partial charge >= 0.3 is 6.03 Å². The first kappa shape index (κ1) is 22.4. The molecule has 10 heteroatoms. The van der Waals surface area contributed by atoms with Gasteiger partial charge in [-0.3, -0.25) is 24.3 Å². The highest BCUT2D eigenvalue weighted by atomic mass is 19.1. The molecule has 0 unspecified atom stereocenters. The standard InChI is InChI=1S/C23H24FN5O4/c1-14-7-9-23(10-8-14)21(32)29(22(33)28-23)13-19(30)26-18-12-15(24)5-6-16(18)27-20(31)17-4-2-3-11-25-17/h2-6,11-12,14H,7-10,13H2,1H3,(H,26,30)(H,27,31)(H,28,33). The van der Waals surface area contributed by atoms with Crippen molar-refractivity contribution in [1.82, 2.24) is 15.2 Å². The van der Waals surface area contributed by atoms with Crippen LogP contribution in [0.1, 0.15) is 43.1 Å². The third-order valence-corrected chi connectivity index (χ3v) is 6.08. The fourth-order valence-corrected chi connectivity index (χ4v) is 4.16. The summed E-state index contributed by atoms with van der Waals surface area (Å²) in [5.41, 5.74) is -0.664. The van der Waals surface area contributed by atoms with Crippen LogP contribution in [-0.4, -0.2) is 45.7 Å². The first-order valence-corrected chi connectivity index (χ1v) is 10.7. The zero-order valence-electron chi connectivity index (χ0n) is 18.1. The lowest BCUT2D eigenvalue weighted by molar-refractivity contribution is -0.135. The van der Waals surface area contributed by atoms with Crippen molar-refractivity contribution in [2.45, 2.75) is 38.1 Å². The molecule has 1 saturated carbocycles. The van der Waals surface area contributed by atoms with Gasteiger partial charge < -0.3 is 16.0 Å². The van der Waals surface area contributed by atoms with E-state index in [2.05, 4.69) is 27.9 Å². The van der Waals surface area contributed by atoms with Crippen LogP contribution in [0.5, 0.6) is 0 Å². The molecule has 0 atom stereocenters. The number of hydrogen-bond donors (Lipinski definition) is 3. The minimum Gasteiger partial charge on any atom is -0.323 e. The van der Waals surface area contributed by atoms with Crippen molar-refractivity contribution in [2.24, 2.45) is 5.92 Å². The predicted molar refractivity (Wildman–Crippen MR) is 118 cm³/mol. The van der Waals surface area contributed by atoms with Crippen LogP contribution in [0.3, 0.4) is 0 Å². The molecule has 2 heterocycles. The number of hydrogen-bond acceptors (Lipinski definition) is 5. The first-order chi connectivity index (χ1) is 15.8. The molecule has 2 aliphatic rings. The third kappa shape index (κ3) is 4.69. The van der Waals surface area contributed by atoms with Gasteiger partial charge in [-0.2, -0.15) is 0 Å². The summed E-state index contributed by atoms with van der Waals surface area (Å²) in [6.45, 7) is 1.58. The maximum Gasteiger partial charge on any atom is 0.325 e. The molecule has 33 heavy (non-hydrogen) atoms. The number of carbonyl (C=O) groups excluding carboxylic acids is 4. The van der Waals surface area contributed by atoms with Crippen LogP contribution in [0, 0.1) is 11.7 Å². The van der Waals surface area contributed by atoms with Crippen LogP contribution >= 0.6 is 0 Å². The summed E-state index contributed by atoms with van der Waals surface area (Å²) in [5, 5.41) is 7.82. The van der Waals surface area contributed by atoms with E-state index in [0.29, 0.717) is 18.8 Å². The molecular weight excluding hydrogens is 429 g/mol. The van der Waals surface area contributed by atoms with Gasteiger partial charge in [-0.1, -0.05) is 13.0 Å². The average molecular weight is 453 g/mol. The van der Waals surface area contributed by atoms with E-state index < -0.39 is 41.7 Å². The number of nitrogens with one attached hydrogen (secondary N) is 3. The summed E-state index contributed by atoms with van der Waals surface area (Å²) < 4.78 is 13.9. The molecule has 0 radical (unpaired) electrons. The van der Waals surface area contributed by atoms with E-state index in [0.717, 1.165) is 29.9 Å². The Balaban J connectivity index is 1.45. The number of amides is 5. The summed E-state index contributed by atoms with van der Waals surface area (Å²) in [6.07, 6.45) is 4.15. The van der Waals surface area contributed by atoms with E-state index in [1.807, 2.05) is 0 Å². The number of rotatable bonds is 5. The molecule has 1 aromatic heterocycles. The maximum absolute atomic E-state index is 13.9. The van der Waals surface area contributed by atoms with Crippen molar-refractivity contribution < 1.29 is 23.6 Å². The Morgan fingerprint density at radius 3 is 2.61 bits per heavy atom. The van der Waals surface area contributed by atoms with Gasteiger partial charge in [-0.25, -0.2) is 9.18 Å². The zero-order valence-corrected chi connectivity index (χ0v) is 18.1. The molecule has 2 fully saturated rings. The highest BCUT2D eigenvalue weighted by molar-refractivity contribution is 6.11. The van der Waals surface area contributed by atoms with Gasteiger partial charge in [-0.05, 0) is 61.9 Å². The van der Waals surface area contributed by atoms with Crippen molar-refractivity contribution in [3.05, 3.63) is 54.1 Å². The van der Waals surface area contributed by atoms with Crippen molar-refractivity contribution in [3.8, 4) is 0 Å². The number of aromatic nitrogens is 1. The van der Waals surface area contributed by atoms with Gasteiger partial charge in [-0.15, -0.1) is 0 Å². The monoisotopic (exact) mass is 453 g/mol. The van der Waals surface area contributed by atoms with Gasteiger partial charge in [0.2, 0.25) is 5.91 Å². The highest BCUT2D eigenvalue weighted by Gasteiger charge is 2.52. The Hall–Kier alpha value is -3.82. The number of carbonyl (C=O) groups is 4. The molecule has 5 amide bonds.